The molecular weight excluding hydrogens is 374 g/mol. The Hall–Kier alpha value is -2.73. The summed E-state index contributed by atoms with van der Waals surface area (Å²) in [5.74, 6) is -0.756. The second-order valence-corrected chi connectivity index (χ2v) is 7.87. The van der Waals surface area contributed by atoms with Gasteiger partial charge in [0.15, 0.2) is 5.78 Å². The highest BCUT2D eigenvalue weighted by Gasteiger charge is 2.29. The number of rotatable bonds is 5. The minimum absolute atomic E-state index is 0.0360. The summed E-state index contributed by atoms with van der Waals surface area (Å²) >= 11 is 1.37. The molecule has 0 bridgehead atoms. The summed E-state index contributed by atoms with van der Waals surface area (Å²) in [5, 5.41) is 11.2. The van der Waals surface area contributed by atoms with E-state index in [4.69, 9.17) is 4.74 Å². The maximum absolute atomic E-state index is 12.4. The number of allylic oxidation sites excluding steroid dienone is 2. The van der Waals surface area contributed by atoms with Crippen molar-refractivity contribution in [1.82, 2.24) is 0 Å². The Kier molecular flexibility index (Phi) is 6.09. The van der Waals surface area contributed by atoms with Crippen LogP contribution in [0.2, 0.25) is 0 Å². The van der Waals surface area contributed by atoms with Crippen molar-refractivity contribution < 1.29 is 19.4 Å². The summed E-state index contributed by atoms with van der Waals surface area (Å²) in [4.78, 5) is 30.1. The van der Waals surface area contributed by atoms with Crippen LogP contribution < -0.4 is 0 Å². The number of esters is 1. The number of carbonyl (C=O) groups excluding carboxylic acids is 2. The maximum Gasteiger partial charge on any atom is 0.341 e. The molecule has 0 amide bonds. The molecular formula is C22H23NO4S. The SMILES string of the molecule is CCOC(=O)c1c(N=CC2=C(O)[C@H](c3ccccc3)CCC2=O)sc(C)c1C. The molecule has 0 unspecified atom stereocenters. The molecule has 1 atom stereocenters. The minimum atomic E-state index is -0.424. The maximum atomic E-state index is 12.4. The zero-order valence-electron chi connectivity index (χ0n) is 16.2. The van der Waals surface area contributed by atoms with Gasteiger partial charge in [0.2, 0.25) is 0 Å². The number of aliphatic imine (C=N–C) groups is 1. The lowest BCUT2D eigenvalue weighted by atomic mass is 9.83. The average Bonchev–Trinajstić information content (AvgIpc) is 2.96. The van der Waals surface area contributed by atoms with Crippen molar-refractivity contribution in [3.05, 3.63) is 63.2 Å². The van der Waals surface area contributed by atoms with E-state index in [0.29, 0.717) is 23.4 Å². The first-order valence-corrected chi connectivity index (χ1v) is 10.1. The Labute approximate surface area is 168 Å². The van der Waals surface area contributed by atoms with Crippen molar-refractivity contribution in [2.45, 2.75) is 39.5 Å². The number of carbonyl (C=O) groups is 2. The van der Waals surface area contributed by atoms with Gasteiger partial charge in [0.25, 0.3) is 0 Å². The Morgan fingerprint density at radius 3 is 2.71 bits per heavy atom. The largest absolute Gasteiger partial charge is 0.511 e. The van der Waals surface area contributed by atoms with E-state index in [0.717, 1.165) is 16.0 Å². The Bertz CT molecular complexity index is 956. The molecule has 1 aliphatic rings. The van der Waals surface area contributed by atoms with Crippen molar-refractivity contribution >= 4 is 34.3 Å². The Balaban J connectivity index is 1.98. The summed E-state index contributed by atoms with van der Waals surface area (Å²) in [7, 11) is 0. The van der Waals surface area contributed by atoms with Gasteiger partial charge in [-0.1, -0.05) is 30.3 Å². The standard InChI is InChI=1S/C22H23NO4S/c1-4-27-22(26)19-13(2)14(3)28-21(19)23-12-17-18(24)11-10-16(20(17)25)15-8-6-5-7-9-15/h5-9,12,16,25H,4,10-11H2,1-3H3/t16-/m0/s1. The highest BCUT2D eigenvalue weighted by atomic mass is 32.1. The predicted molar refractivity (Wildman–Crippen MR) is 111 cm³/mol. The number of ketones is 1. The number of nitrogens with zero attached hydrogens (tertiary/aromatic N) is 1. The molecule has 6 heteroatoms. The molecule has 0 saturated heterocycles. The van der Waals surface area contributed by atoms with E-state index in [9.17, 15) is 14.7 Å². The summed E-state index contributed by atoms with van der Waals surface area (Å²) < 4.78 is 5.14. The van der Waals surface area contributed by atoms with Crippen LogP contribution in [0, 0.1) is 13.8 Å². The number of hydrogen-bond donors (Lipinski definition) is 1. The number of aryl methyl sites for hydroxylation is 1. The zero-order valence-corrected chi connectivity index (χ0v) is 17.0. The molecule has 0 saturated carbocycles. The summed E-state index contributed by atoms with van der Waals surface area (Å²) in [6.45, 7) is 5.79. The van der Waals surface area contributed by atoms with Crippen LogP contribution in [-0.2, 0) is 9.53 Å². The van der Waals surface area contributed by atoms with Crippen molar-refractivity contribution in [3.8, 4) is 0 Å². The van der Waals surface area contributed by atoms with E-state index in [1.807, 2.05) is 44.2 Å². The number of aliphatic hydroxyl groups excluding tert-OH is 1. The van der Waals surface area contributed by atoms with Gasteiger partial charge in [-0.25, -0.2) is 9.79 Å². The minimum Gasteiger partial charge on any atom is -0.511 e. The lowest BCUT2D eigenvalue weighted by Gasteiger charge is -2.22. The highest BCUT2D eigenvalue weighted by Crippen LogP contribution is 2.37. The summed E-state index contributed by atoms with van der Waals surface area (Å²) in [6, 6.07) is 9.62. The van der Waals surface area contributed by atoms with Crippen LogP contribution >= 0.6 is 11.3 Å². The predicted octanol–water partition coefficient (Wildman–Crippen LogP) is 5.20. The molecule has 1 aromatic carbocycles. The average molecular weight is 397 g/mol. The van der Waals surface area contributed by atoms with Gasteiger partial charge >= 0.3 is 5.97 Å². The normalized spacial score (nSPS) is 17.4. The van der Waals surface area contributed by atoms with Gasteiger partial charge in [0.1, 0.15) is 10.8 Å². The fraction of sp³-hybridized carbons (Fsp3) is 0.318. The number of ether oxygens (including phenoxy) is 1. The number of hydrogen-bond acceptors (Lipinski definition) is 6. The van der Waals surface area contributed by atoms with Gasteiger partial charge in [-0.2, -0.15) is 0 Å². The van der Waals surface area contributed by atoms with Gasteiger partial charge < -0.3 is 9.84 Å². The molecule has 0 fully saturated rings. The fourth-order valence-corrected chi connectivity index (χ4v) is 4.28. The van der Waals surface area contributed by atoms with E-state index in [2.05, 4.69) is 4.99 Å². The number of benzene rings is 1. The van der Waals surface area contributed by atoms with Crippen molar-refractivity contribution in [2.24, 2.45) is 4.99 Å². The van der Waals surface area contributed by atoms with Gasteiger partial charge in [-0.3, -0.25) is 4.79 Å². The van der Waals surface area contributed by atoms with Crippen molar-refractivity contribution in [1.29, 1.82) is 0 Å². The van der Waals surface area contributed by atoms with E-state index >= 15 is 0 Å². The topological polar surface area (TPSA) is 76.0 Å². The van der Waals surface area contributed by atoms with E-state index in [1.165, 1.54) is 17.6 Å². The second kappa shape index (κ2) is 8.52. The van der Waals surface area contributed by atoms with Crippen LogP contribution in [0.25, 0.3) is 0 Å². The van der Waals surface area contributed by atoms with Crippen LogP contribution in [0.15, 0.2) is 46.7 Å². The summed E-state index contributed by atoms with van der Waals surface area (Å²) in [5.41, 5.74) is 2.42. The van der Waals surface area contributed by atoms with Crippen LogP contribution in [0.1, 0.15) is 52.0 Å². The third kappa shape index (κ3) is 3.92. The number of thiophene rings is 1. The Morgan fingerprint density at radius 2 is 2.04 bits per heavy atom. The molecule has 0 spiro atoms. The third-order valence-corrected chi connectivity index (χ3v) is 6.04. The summed E-state index contributed by atoms with van der Waals surface area (Å²) in [6.07, 6.45) is 2.30. The fourth-order valence-electron chi connectivity index (χ4n) is 3.29. The van der Waals surface area contributed by atoms with Crippen LogP contribution in [-0.4, -0.2) is 29.7 Å². The molecule has 5 nitrogen and oxygen atoms in total. The van der Waals surface area contributed by atoms with E-state index in [-0.39, 0.29) is 29.6 Å². The molecule has 3 rings (SSSR count). The molecule has 1 heterocycles. The van der Waals surface area contributed by atoms with Crippen molar-refractivity contribution in [2.75, 3.05) is 6.61 Å². The molecule has 0 radical (unpaired) electrons. The van der Waals surface area contributed by atoms with E-state index in [1.54, 1.807) is 6.92 Å². The molecule has 2 aromatic rings. The quantitative estimate of drug-likeness (QED) is 0.555. The van der Waals surface area contributed by atoms with Crippen LogP contribution in [0.3, 0.4) is 0 Å². The lowest BCUT2D eigenvalue weighted by Crippen LogP contribution is -2.19. The van der Waals surface area contributed by atoms with Crippen molar-refractivity contribution in [3.63, 3.8) is 0 Å². The molecule has 28 heavy (non-hydrogen) atoms. The van der Waals surface area contributed by atoms with Crippen LogP contribution in [0.5, 0.6) is 0 Å². The molecule has 0 aliphatic heterocycles. The first kappa shape index (κ1) is 20.0. The molecule has 1 N–H and O–H groups in total. The number of Topliss-reactive ketones (excluding diaryl/α,β-unsaturated/α-hetero) is 1. The first-order valence-electron chi connectivity index (χ1n) is 9.26. The van der Waals surface area contributed by atoms with Gasteiger partial charge in [-0.15, -0.1) is 11.3 Å². The third-order valence-electron chi connectivity index (χ3n) is 4.93. The molecule has 1 aromatic heterocycles. The zero-order chi connectivity index (χ0) is 20.3. The van der Waals surface area contributed by atoms with E-state index < -0.39 is 5.97 Å². The molecule has 1 aliphatic carbocycles. The van der Waals surface area contributed by atoms with Crippen LogP contribution in [0.4, 0.5) is 5.00 Å². The van der Waals surface area contributed by atoms with Gasteiger partial charge in [0, 0.05) is 23.4 Å². The number of aliphatic hydroxyl groups is 1. The second-order valence-electron chi connectivity index (χ2n) is 6.67. The molecule has 146 valence electrons. The lowest BCUT2D eigenvalue weighted by molar-refractivity contribution is -0.115. The van der Waals surface area contributed by atoms with Gasteiger partial charge in [0.05, 0.1) is 17.7 Å². The van der Waals surface area contributed by atoms with Gasteiger partial charge in [-0.05, 0) is 38.3 Å². The highest BCUT2D eigenvalue weighted by molar-refractivity contribution is 7.16. The monoisotopic (exact) mass is 397 g/mol. The first-order chi connectivity index (χ1) is 13.4. The Morgan fingerprint density at radius 1 is 1.32 bits per heavy atom. The smallest absolute Gasteiger partial charge is 0.341 e.